The van der Waals surface area contributed by atoms with Gasteiger partial charge in [0, 0.05) is 12.1 Å². The van der Waals surface area contributed by atoms with Gasteiger partial charge in [-0.2, -0.15) is 0 Å². The lowest BCUT2D eigenvalue weighted by Crippen LogP contribution is -2.18. The Kier molecular flexibility index (Phi) is 4.43. The van der Waals surface area contributed by atoms with Gasteiger partial charge in [0.2, 0.25) is 0 Å². The molecule has 0 aliphatic carbocycles. The van der Waals surface area contributed by atoms with E-state index < -0.39 is 4.92 Å². The first-order valence-electron chi connectivity index (χ1n) is 5.46. The molecule has 0 saturated heterocycles. The Labute approximate surface area is 95.1 Å². The summed E-state index contributed by atoms with van der Waals surface area (Å²) in [6, 6.07) is 6.49. The average molecular weight is 223 g/mol. The number of aliphatic hydroxyl groups excluding tert-OH is 1. The quantitative estimate of drug-likeness (QED) is 0.616. The molecule has 0 aliphatic rings. The van der Waals surface area contributed by atoms with E-state index in [0.717, 1.165) is 18.4 Å². The maximum atomic E-state index is 10.5. The molecule has 1 rings (SSSR count). The van der Waals surface area contributed by atoms with Gasteiger partial charge >= 0.3 is 0 Å². The lowest BCUT2D eigenvalue weighted by Gasteiger charge is -2.16. The largest absolute Gasteiger partial charge is 0.393 e. The van der Waals surface area contributed by atoms with Crippen LogP contribution in [0.5, 0.6) is 0 Å². The van der Waals surface area contributed by atoms with Crippen LogP contribution in [0.3, 0.4) is 0 Å². The Hall–Kier alpha value is -1.42. The van der Waals surface area contributed by atoms with Crippen molar-refractivity contribution in [2.75, 3.05) is 0 Å². The molecule has 0 saturated carbocycles. The minimum absolute atomic E-state index is 0.104. The highest BCUT2D eigenvalue weighted by molar-refractivity contribution is 5.33. The van der Waals surface area contributed by atoms with Crippen LogP contribution in [0.2, 0.25) is 0 Å². The molecule has 0 aliphatic heterocycles. The molecule has 2 unspecified atom stereocenters. The Balaban J connectivity index is 2.65. The Morgan fingerprint density at radius 2 is 1.94 bits per heavy atom. The van der Waals surface area contributed by atoms with E-state index in [1.165, 1.54) is 12.1 Å². The molecule has 16 heavy (non-hydrogen) atoms. The first-order valence-corrected chi connectivity index (χ1v) is 5.46. The number of hydrogen-bond donors (Lipinski definition) is 1. The van der Waals surface area contributed by atoms with Crippen molar-refractivity contribution >= 4 is 5.69 Å². The normalized spacial score (nSPS) is 14.4. The van der Waals surface area contributed by atoms with Gasteiger partial charge in [0.25, 0.3) is 5.69 Å². The zero-order valence-corrected chi connectivity index (χ0v) is 9.59. The van der Waals surface area contributed by atoms with Crippen LogP contribution in [0.1, 0.15) is 25.8 Å². The second-order valence-corrected chi connectivity index (χ2v) is 4.08. The van der Waals surface area contributed by atoms with Crippen LogP contribution >= 0.6 is 0 Å². The van der Waals surface area contributed by atoms with Gasteiger partial charge in [-0.1, -0.05) is 26.0 Å². The van der Waals surface area contributed by atoms with Crippen molar-refractivity contribution in [3.05, 3.63) is 39.9 Å². The van der Waals surface area contributed by atoms with Crippen LogP contribution < -0.4 is 0 Å². The first kappa shape index (κ1) is 12.6. The number of nitro groups is 1. The molecule has 0 amide bonds. The van der Waals surface area contributed by atoms with Crippen LogP contribution in [0.15, 0.2) is 24.3 Å². The molecule has 0 spiro atoms. The standard InChI is InChI=1S/C12H17NO3/c1-3-12(14)9(2)8-10-4-6-11(7-5-10)13(15)16/h4-7,9,12,14H,3,8H2,1-2H3. The fourth-order valence-electron chi connectivity index (χ4n) is 1.66. The van der Waals surface area contributed by atoms with Gasteiger partial charge in [-0.05, 0) is 24.3 Å². The highest BCUT2D eigenvalue weighted by Crippen LogP contribution is 2.17. The third kappa shape index (κ3) is 3.31. The van der Waals surface area contributed by atoms with Gasteiger partial charge in [-0.25, -0.2) is 0 Å². The van der Waals surface area contributed by atoms with Crippen LogP contribution in [-0.2, 0) is 6.42 Å². The minimum atomic E-state index is -0.409. The van der Waals surface area contributed by atoms with Gasteiger partial charge < -0.3 is 5.11 Å². The monoisotopic (exact) mass is 223 g/mol. The molecule has 4 nitrogen and oxygen atoms in total. The Morgan fingerprint density at radius 1 is 1.38 bits per heavy atom. The zero-order chi connectivity index (χ0) is 12.1. The lowest BCUT2D eigenvalue weighted by atomic mass is 9.94. The van der Waals surface area contributed by atoms with E-state index in [-0.39, 0.29) is 17.7 Å². The van der Waals surface area contributed by atoms with Crippen molar-refractivity contribution in [3.8, 4) is 0 Å². The van der Waals surface area contributed by atoms with E-state index in [1.807, 2.05) is 13.8 Å². The number of aliphatic hydroxyl groups is 1. The van der Waals surface area contributed by atoms with E-state index in [4.69, 9.17) is 0 Å². The molecule has 1 aromatic rings. The molecule has 1 N–H and O–H groups in total. The molecule has 4 heteroatoms. The Bertz CT molecular complexity index is 348. The Morgan fingerprint density at radius 3 is 2.38 bits per heavy atom. The molecular weight excluding hydrogens is 206 g/mol. The molecule has 0 heterocycles. The molecule has 88 valence electrons. The predicted molar refractivity (Wildman–Crippen MR) is 62.3 cm³/mol. The SMILES string of the molecule is CCC(O)C(C)Cc1ccc([N+](=O)[O-])cc1. The maximum Gasteiger partial charge on any atom is 0.269 e. The van der Waals surface area contributed by atoms with Crippen molar-refractivity contribution < 1.29 is 10.0 Å². The van der Waals surface area contributed by atoms with Gasteiger partial charge in [0.1, 0.15) is 0 Å². The van der Waals surface area contributed by atoms with Gasteiger partial charge in [0.15, 0.2) is 0 Å². The van der Waals surface area contributed by atoms with Crippen molar-refractivity contribution in [1.29, 1.82) is 0 Å². The fourth-order valence-corrected chi connectivity index (χ4v) is 1.66. The second kappa shape index (κ2) is 5.61. The number of nitro benzene ring substituents is 1. The van der Waals surface area contributed by atoms with Crippen molar-refractivity contribution in [2.24, 2.45) is 5.92 Å². The molecule has 2 atom stereocenters. The number of rotatable bonds is 5. The fraction of sp³-hybridized carbons (Fsp3) is 0.500. The first-order chi connectivity index (χ1) is 7.54. The van der Waals surface area contributed by atoms with Crippen molar-refractivity contribution in [2.45, 2.75) is 32.8 Å². The summed E-state index contributed by atoms with van der Waals surface area (Å²) < 4.78 is 0. The highest BCUT2D eigenvalue weighted by atomic mass is 16.6. The number of non-ortho nitro benzene ring substituents is 1. The highest BCUT2D eigenvalue weighted by Gasteiger charge is 2.13. The summed E-state index contributed by atoms with van der Waals surface area (Å²) in [6.07, 6.45) is 1.16. The van der Waals surface area contributed by atoms with Gasteiger partial charge in [-0.15, -0.1) is 0 Å². The maximum absolute atomic E-state index is 10.5. The molecule has 0 aromatic heterocycles. The summed E-state index contributed by atoms with van der Waals surface area (Å²) in [4.78, 5) is 10.0. The van der Waals surface area contributed by atoms with Crippen LogP contribution in [0.25, 0.3) is 0 Å². The van der Waals surface area contributed by atoms with Crippen LogP contribution in [0, 0.1) is 16.0 Å². The smallest absolute Gasteiger partial charge is 0.269 e. The lowest BCUT2D eigenvalue weighted by molar-refractivity contribution is -0.384. The van der Waals surface area contributed by atoms with E-state index in [9.17, 15) is 15.2 Å². The molecular formula is C12H17NO3. The zero-order valence-electron chi connectivity index (χ0n) is 9.59. The number of nitrogens with zero attached hydrogens (tertiary/aromatic N) is 1. The van der Waals surface area contributed by atoms with Gasteiger partial charge in [-0.3, -0.25) is 10.1 Å². The van der Waals surface area contributed by atoms with Crippen LogP contribution in [-0.4, -0.2) is 16.1 Å². The minimum Gasteiger partial charge on any atom is -0.393 e. The van der Waals surface area contributed by atoms with E-state index in [2.05, 4.69) is 0 Å². The summed E-state index contributed by atoms with van der Waals surface area (Å²) in [5.74, 6) is 0.173. The predicted octanol–water partition coefficient (Wildman–Crippen LogP) is 2.54. The van der Waals surface area contributed by atoms with E-state index in [1.54, 1.807) is 12.1 Å². The molecule has 0 fully saturated rings. The molecule has 0 bridgehead atoms. The number of hydrogen-bond acceptors (Lipinski definition) is 3. The summed E-state index contributed by atoms with van der Waals surface area (Å²) in [6.45, 7) is 3.92. The second-order valence-electron chi connectivity index (χ2n) is 4.08. The van der Waals surface area contributed by atoms with Crippen LogP contribution in [0.4, 0.5) is 5.69 Å². The van der Waals surface area contributed by atoms with E-state index in [0.29, 0.717) is 0 Å². The summed E-state index contributed by atoms with van der Waals surface area (Å²) >= 11 is 0. The summed E-state index contributed by atoms with van der Waals surface area (Å²) in [5, 5.41) is 20.1. The van der Waals surface area contributed by atoms with E-state index >= 15 is 0 Å². The average Bonchev–Trinajstić information content (AvgIpc) is 2.28. The third-order valence-corrected chi connectivity index (χ3v) is 2.78. The molecule has 1 aromatic carbocycles. The molecule has 0 radical (unpaired) electrons. The summed E-state index contributed by atoms with van der Waals surface area (Å²) in [7, 11) is 0. The van der Waals surface area contributed by atoms with Gasteiger partial charge in [0.05, 0.1) is 11.0 Å². The van der Waals surface area contributed by atoms with Crippen molar-refractivity contribution in [1.82, 2.24) is 0 Å². The number of benzene rings is 1. The summed E-state index contributed by atoms with van der Waals surface area (Å²) in [5.41, 5.74) is 1.12. The topological polar surface area (TPSA) is 63.4 Å². The third-order valence-electron chi connectivity index (χ3n) is 2.78. The van der Waals surface area contributed by atoms with Crippen molar-refractivity contribution in [3.63, 3.8) is 0 Å².